The molecule has 2 heterocycles. The van der Waals surface area contributed by atoms with Crippen molar-refractivity contribution in [2.24, 2.45) is 0 Å². The maximum absolute atomic E-state index is 13.4. The number of ketones is 1. The van der Waals surface area contributed by atoms with E-state index in [1.54, 1.807) is 59.1 Å². The molecule has 184 valence electrons. The highest BCUT2D eigenvalue weighted by molar-refractivity contribution is 6.47. The van der Waals surface area contributed by atoms with Crippen LogP contribution in [0.15, 0.2) is 72.9 Å². The molecule has 0 aliphatic rings. The van der Waals surface area contributed by atoms with Gasteiger partial charge >= 0.3 is 5.97 Å². The van der Waals surface area contributed by atoms with E-state index in [0.717, 1.165) is 18.4 Å². The van der Waals surface area contributed by atoms with Gasteiger partial charge in [0.1, 0.15) is 11.4 Å². The van der Waals surface area contributed by atoms with Crippen LogP contribution in [0.25, 0.3) is 16.6 Å². The van der Waals surface area contributed by atoms with Crippen molar-refractivity contribution in [2.75, 3.05) is 19.0 Å². The molecule has 0 radical (unpaired) electrons. The molecule has 0 spiro atoms. The van der Waals surface area contributed by atoms with Crippen molar-refractivity contribution in [2.45, 2.75) is 19.8 Å². The summed E-state index contributed by atoms with van der Waals surface area (Å²) in [6.45, 7) is 2.37. The summed E-state index contributed by atoms with van der Waals surface area (Å²) in [5.74, 6) is -1.45. The van der Waals surface area contributed by atoms with Gasteiger partial charge in [0.05, 0.1) is 24.3 Å². The van der Waals surface area contributed by atoms with Crippen LogP contribution in [-0.4, -0.2) is 35.8 Å². The highest BCUT2D eigenvalue weighted by Gasteiger charge is 2.25. The minimum atomic E-state index is -0.807. The second-order valence-electron chi connectivity index (χ2n) is 8.10. The number of carbonyl (C=O) groups excluding carboxylic acids is 3. The number of fused-ring (bicyclic) bond motifs is 1. The third-order valence-electron chi connectivity index (χ3n) is 5.67. The Bertz CT molecular complexity index is 1430. The lowest BCUT2D eigenvalue weighted by atomic mass is 10.0. The Morgan fingerprint density at radius 3 is 2.47 bits per heavy atom. The smallest absolute Gasteiger partial charge is 0.338 e. The summed E-state index contributed by atoms with van der Waals surface area (Å²) in [6, 6.07) is 18.7. The molecular formula is C28H25ClN2O5. The number of benzene rings is 2. The van der Waals surface area contributed by atoms with E-state index in [1.807, 2.05) is 25.1 Å². The molecule has 0 bridgehead atoms. The first-order valence-electron chi connectivity index (χ1n) is 11.5. The van der Waals surface area contributed by atoms with E-state index in [4.69, 9.17) is 21.1 Å². The Balaban J connectivity index is 1.59. The van der Waals surface area contributed by atoms with Crippen molar-refractivity contribution in [3.63, 3.8) is 0 Å². The summed E-state index contributed by atoms with van der Waals surface area (Å²) >= 11 is 6.32. The van der Waals surface area contributed by atoms with E-state index < -0.39 is 17.7 Å². The zero-order valence-corrected chi connectivity index (χ0v) is 20.7. The number of carbonyl (C=O) groups is 3. The maximum atomic E-state index is 13.4. The van der Waals surface area contributed by atoms with Crippen molar-refractivity contribution < 1.29 is 23.9 Å². The highest BCUT2D eigenvalue weighted by Crippen LogP contribution is 2.34. The molecule has 0 fully saturated rings. The van der Waals surface area contributed by atoms with Gasteiger partial charge in [0.2, 0.25) is 0 Å². The number of unbranched alkanes of at least 4 members (excludes halogenated alkanes) is 1. The Hall–Kier alpha value is -4.10. The molecule has 0 aliphatic carbocycles. The van der Waals surface area contributed by atoms with Gasteiger partial charge in [0.15, 0.2) is 0 Å². The molecule has 36 heavy (non-hydrogen) atoms. The third kappa shape index (κ3) is 5.26. The monoisotopic (exact) mass is 504 g/mol. The van der Waals surface area contributed by atoms with Crippen LogP contribution in [0.2, 0.25) is 5.02 Å². The molecule has 2 aromatic heterocycles. The van der Waals surface area contributed by atoms with Crippen molar-refractivity contribution in [3.05, 3.63) is 89.2 Å². The number of Topliss-reactive ketones (excluding diaryl/α,β-unsaturated/α-hetero) is 1. The number of pyridine rings is 1. The summed E-state index contributed by atoms with van der Waals surface area (Å²) in [5, 5.41) is 3.01. The van der Waals surface area contributed by atoms with Crippen LogP contribution >= 0.6 is 11.6 Å². The van der Waals surface area contributed by atoms with Gasteiger partial charge in [-0.25, -0.2) is 4.79 Å². The summed E-state index contributed by atoms with van der Waals surface area (Å²) in [4.78, 5) is 38.5. The van der Waals surface area contributed by atoms with Gasteiger partial charge in [-0.2, -0.15) is 0 Å². The lowest BCUT2D eigenvalue weighted by Gasteiger charge is -2.10. The quantitative estimate of drug-likeness (QED) is 0.130. The van der Waals surface area contributed by atoms with Crippen LogP contribution in [0, 0.1) is 0 Å². The number of halogens is 1. The van der Waals surface area contributed by atoms with E-state index in [2.05, 4.69) is 5.32 Å². The molecule has 2 aromatic carbocycles. The first-order valence-corrected chi connectivity index (χ1v) is 11.9. The largest absolute Gasteiger partial charge is 0.495 e. The van der Waals surface area contributed by atoms with Gasteiger partial charge in [-0.1, -0.05) is 37.1 Å². The summed E-state index contributed by atoms with van der Waals surface area (Å²) in [7, 11) is 1.52. The molecule has 0 saturated heterocycles. The van der Waals surface area contributed by atoms with E-state index in [9.17, 15) is 14.4 Å². The third-order valence-corrected chi connectivity index (χ3v) is 5.97. The zero-order valence-electron chi connectivity index (χ0n) is 19.9. The maximum Gasteiger partial charge on any atom is 0.338 e. The minimum absolute atomic E-state index is 0.209. The number of rotatable bonds is 9. The number of amides is 1. The molecule has 1 N–H and O–H groups in total. The second kappa shape index (κ2) is 11.1. The van der Waals surface area contributed by atoms with E-state index in [1.165, 1.54) is 7.11 Å². The van der Waals surface area contributed by atoms with Crippen LogP contribution in [0.1, 0.15) is 40.6 Å². The van der Waals surface area contributed by atoms with E-state index in [0.29, 0.717) is 39.8 Å². The Labute approximate surface area is 213 Å². The van der Waals surface area contributed by atoms with Crippen LogP contribution < -0.4 is 10.1 Å². The first-order chi connectivity index (χ1) is 17.4. The van der Waals surface area contributed by atoms with Crippen molar-refractivity contribution in [3.8, 4) is 16.9 Å². The van der Waals surface area contributed by atoms with E-state index in [-0.39, 0.29) is 5.69 Å². The number of nitrogens with zero attached hydrogens (tertiary/aromatic N) is 1. The lowest BCUT2D eigenvalue weighted by Crippen LogP contribution is -2.24. The molecule has 0 saturated carbocycles. The summed E-state index contributed by atoms with van der Waals surface area (Å²) in [5.41, 5.74) is 2.95. The van der Waals surface area contributed by atoms with Crippen molar-refractivity contribution >= 4 is 40.5 Å². The number of methoxy groups -OCH3 is 1. The predicted octanol–water partition coefficient (Wildman–Crippen LogP) is 6.05. The van der Waals surface area contributed by atoms with Crippen LogP contribution in [0.5, 0.6) is 5.75 Å². The number of nitrogens with one attached hydrogen (secondary N) is 1. The minimum Gasteiger partial charge on any atom is -0.495 e. The molecular weight excluding hydrogens is 480 g/mol. The van der Waals surface area contributed by atoms with Gasteiger partial charge in [-0.05, 0) is 66.6 Å². The van der Waals surface area contributed by atoms with Crippen LogP contribution in [0.3, 0.4) is 0 Å². The fourth-order valence-corrected chi connectivity index (χ4v) is 4.04. The highest BCUT2D eigenvalue weighted by atomic mass is 35.5. The molecule has 0 aliphatic heterocycles. The molecule has 0 unspecified atom stereocenters. The molecule has 7 nitrogen and oxygen atoms in total. The Kier molecular flexibility index (Phi) is 7.71. The normalized spacial score (nSPS) is 10.8. The number of esters is 1. The van der Waals surface area contributed by atoms with E-state index >= 15 is 0 Å². The number of anilines is 1. The van der Waals surface area contributed by atoms with Gasteiger partial charge < -0.3 is 19.2 Å². The summed E-state index contributed by atoms with van der Waals surface area (Å²) in [6.07, 6.45) is 3.45. The van der Waals surface area contributed by atoms with Crippen molar-refractivity contribution in [1.82, 2.24) is 4.40 Å². The molecule has 4 aromatic rings. The van der Waals surface area contributed by atoms with Gasteiger partial charge in [0, 0.05) is 23.0 Å². The Morgan fingerprint density at radius 1 is 1.00 bits per heavy atom. The average molecular weight is 505 g/mol. The first kappa shape index (κ1) is 25.0. The second-order valence-corrected chi connectivity index (χ2v) is 8.51. The number of hydrogen-bond donors (Lipinski definition) is 1. The predicted molar refractivity (Wildman–Crippen MR) is 139 cm³/mol. The number of ether oxygens (including phenoxy) is 2. The standard InChI is InChI=1S/C28H25ClN2O5/c1-3-4-15-36-28(34)18-8-11-20(12-9-18)30-27(33)26(32)25-22(17-21-7-5-6-14-31(21)25)19-10-13-24(35-2)23(29)16-19/h5-14,16-17H,3-4,15H2,1-2H3,(H,30,33). The number of hydrogen-bond acceptors (Lipinski definition) is 5. The SMILES string of the molecule is CCCCOC(=O)c1ccc(NC(=O)C(=O)c2c(-c3ccc(OC)c(Cl)c3)cc3ccccn23)cc1. The molecule has 1 amide bonds. The van der Waals surface area contributed by atoms with Gasteiger partial charge in [0.25, 0.3) is 11.7 Å². The van der Waals surface area contributed by atoms with Crippen LogP contribution in [0.4, 0.5) is 5.69 Å². The summed E-state index contributed by atoms with van der Waals surface area (Å²) < 4.78 is 12.1. The van der Waals surface area contributed by atoms with Crippen LogP contribution in [-0.2, 0) is 9.53 Å². The number of aromatic nitrogens is 1. The van der Waals surface area contributed by atoms with Gasteiger partial charge in [-0.3, -0.25) is 9.59 Å². The molecule has 0 atom stereocenters. The van der Waals surface area contributed by atoms with Crippen molar-refractivity contribution in [1.29, 1.82) is 0 Å². The molecule has 4 rings (SSSR count). The fraction of sp³-hybridized carbons (Fsp3) is 0.179. The Morgan fingerprint density at radius 2 is 1.78 bits per heavy atom. The average Bonchev–Trinajstić information content (AvgIpc) is 3.28. The topological polar surface area (TPSA) is 86.1 Å². The zero-order chi connectivity index (χ0) is 25.7. The molecule has 8 heteroatoms. The van der Waals surface area contributed by atoms with Gasteiger partial charge in [-0.15, -0.1) is 0 Å². The lowest BCUT2D eigenvalue weighted by molar-refractivity contribution is -0.112. The fourth-order valence-electron chi connectivity index (χ4n) is 3.79.